The number of aromatic nitrogens is 5. The lowest BCUT2D eigenvalue weighted by Gasteiger charge is -2.30. The topological polar surface area (TPSA) is 101 Å². The van der Waals surface area contributed by atoms with Gasteiger partial charge < -0.3 is 24.4 Å². The highest BCUT2D eigenvalue weighted by atomic mass is 32.1. The van der Waals surface area contributed by atoms with E-state index in [9.17, 15) is 22.4 Å². The van der Waals surface area contributed by atoms with Gasteiger partial charge in [0, 0.05) is 31.1 Å². The molecule has 0 saturated carbocycles. The quantitative estimate of drug-likeness (QED) is 0.320. The van der Waals surface area contributed by atoms with Crippen molar-refractivity contribution in [2.75, 3.05) is 29.4 Å². The molecule has 1 aromatic carbocycles. The summed E-state index contributed by atoms with van der Waals surface area (Å²) in [7, 11) is 0. The summed E-state index contributed by atoms with van der Waals surface area (Å²) in [4.78, 5) is 28.0. The number of alkyl halides is 3. The lowest BCUT2D eigenvalue weighted by molar-refractivity contribution is -0.147. The molecule has 1 N–H and O–H groups in total. The molecule has 1 fully saturated rings. The largest absolute Gasteiger partial charge is 0.451 e. The fourth-order valence-electron chi connectivity index (χ4n) is 5.11. The molecule has 1 saturated heterocycles. The highest BCUT2D eigenvalue weighted by molar-refractivity contribution is 7.18. The van der Waals surface area contributed by atoms with E-state index >= 15 is 0 Å². The number of halogens is 4. The summed E-state index contributed by atoms with van der Waals surface area (Å²) >= 11 is 1.58. The molecule has 0 spiro atoms. The standard InChI is InChI=1S/C26H26F4N8O2S/c1-2-3-18-12-19-21(36-10-11-38-20(14-36)34-35-23(38)26(28,29)30)32-24(33-22(19)41-18)37-9-8-16(13-37)31-25(39)40-17-6-4-15(27)5-7-17/h4-7,12,16H,2-3,8-11,13-14H2,1H3,(H,31,39)/t16-/m0/s1. The van der Waals surface area contributed by atoms with Crippen LogP contribution < -0.4 is 19.9 Å². The van der Waals surface area contributed by atoms with E-state index in [1.165, 1.54) is 24.3 Å². The lowest BCUT2D eigenvalue weighted by atomic mass is 10.2. The number of thiophene rings is 1. The zero-order chi connectivity index (χ0) is 28.7. The third-order valence-electron chi connectivity index (χ3n) is 7.03. The van der Waals surface area contributed by atoms with Gasteiger partial charge >= 0.3 is 12.3 Å². The Morgan fingerprint density at radius 2 is 1.93 bits per heavy atom. The van der Waals surface area contributed by atoms with Crippen molar-refractivity contribution in [3.05, 3.63) is 52.7 Å². The lowest BCUT2D eigenvalue weighted by Crippen LogP contribution is -2.39. The number of fused-ring (bicyclic) bond motifs is 2. The molecule has 0 unspecified atom stereocenters. The van der Waals surface area contributed by atoms with E-state index in [2.05, 4.69) is 28.5 Å². The van der Waals surface area contributed by atoms with E-state index in [4.69, 9.17) is 14.7 Å². The van der Waals surface area contributed by atoms with Crippen molar-refractivity contribution in [1.29, 1.82) is 0 Å². The summed E-state index contributed by atoms with van der Waals surface area (Å²) in [6.07, 6.45) is -2.74. The van der Waals surface area contributed by atoms with Crippen LogP contribution in [-0.2, 0) is 25.7 Å². The monoisotopic (exact) mass is 590 g/mol. The van der Waals surface area contributed by atoms with Gasteiger partial charge in [-0.25, -0.2) is 14.2 Å². The number of carbonyl (C=O) groups excluding carboxylic acids is 1. The Balaban J connectivity index is 1.22. The van der Waals surface area contributed by atoms with Crippen molar-refractivity contribution in [3.8, 4) is 5.75 Å². The number of nitrogens with zero attached hydrogens (tertiary/aromatic N) is 7. The van der Waals surface area contributed by atoms with Gasteiger partial charge in [0.05, 0.1) is 18.0 Å². The van der Waals surface area contributed by atoms with Gasteiger partial charge in [0.2, 0.25) is 11.8 Å². The Morgan fingerprint density at radius 1 is 1.12 bits per heavy atom. The summed E-state index contributed by atoms with van der Waals surface area (Å²) < 4.78 is 59.6. The Labute approximate surface area is 236 Å². The number of benzene rings is 1. The first-order valence-corrected chi connectivity index (χ1v) is 14.0. The second-order valence-electron chi connectivity index (χ2n) is 9.96. The van der Waals surface area contributed by atoms with E-state index in [1.807, 2.05) is 9.80 Å². The molecule has 10 nitrogen and oxygen atoms in total. The maximum Gasteiger partial charge on any atom is 0.451 e. The van der Waals surface area contributed by atoms with Gasteiger partial charge in [-0.15, -0.1) is 21.5 Å². The van der Waals surface area contributed by atoms with Crippen LogP contribution in [0.25, 0.3) is 10.2 Å². The Kier molecular flexibility index (Phi) is 7.13. The van der Waals surface area contributed by atoms with Crippen molar-refractivity contribution in [2.45, 2.75) is 51.5 Å². The summed E-state index contributed by atoms with van der Waals surface area (Å²) in [5, 5.41) is 10.9. The first-order valence-electron chi connectivity index (χ1n) is 13.2. The molecule has 15 heteroatoms. The van der Waals surface area contributed by atoms with E-state index in [-0.39, 0.29) is 30.7 Å². The van der Waals surface area contributed by atoms with Gasteiger partial charge in [-0.05, 0) is 43.2 Å². The molecule has 1 amide bonds. The third-order valence-corrected chi connectivity index (χ3v) is 8.12. The zero-order valence-electron chi connectivity index (χ0n) is 22.0. The van der Waals surface area contributed by atoms with E-state index in [0.29, 0.717) is 37.8 Å². The number of carbonyl (C=O) groups is 1. The molecule has 2 aliphatic heterocycles. The van der Waals surface area contributed by atoms with E-state index in [0.717, 1.165) is 32.5 Å². The molecule has 0 radical (unpaired) electrons. The van der Waals surface area contributed by atoms with E-state index < -0.39 is 23.9 Å². The van der Waals surface area contributed by atoms with Gasteiger partial charge in [0.1, 0.15) is 22.2 Å². The van der Waals surface area contributed by atoms with Crippen LogP contribution in [0.1, 0.15) is 36.3 Å². The second-order valence-corrected chi connectivity index (χ2v) is 11.1. The molecule has 0 aliphatic carbocycles. The van der Waals surface area contributed by atoms with Crippen LogP contribution in [-0.4, -0.2) is 56.5 Å². The minimum absolute atomic E-state index is 0.0792. The first kappa shape index (κ1) is 27.2. The number of anilines is 2. The average Bonchev–Trinajstić information content (AvgIpc) is 3.67. The van der Waals surface area contributed by atoms with Crippen LogP contribution >= 0.6 is 11.3 Å². The van der Waals surface area contributed by atoms with Crippen LogP contribution in [0.4, 0.5) is 34.1 Å². The molecule has 3 aromatic heterocycles. The van der Waals surface area contributed by atoms with Gasteiger partial charge in [-0.2, -0.15) is 18.2 Å². The summed E-state index contributed by atoms with van der Waals surface area (Å²) in [5.41, 5.74) is 0. The van der Waals surface area contributed by atoms with Crippen molar-refractivity contribution in [2.24, 2.45) is 0 Å². The normalized spacial score (nSPS) is 17.2. The van der Waals surface area contributed by atoms with Crippen molar-refractivity contribution >= 4 is 39.4 Å². The Bertz CT molecular complexity index is 1570. The predicted octanol–water partition coefficient (Wildman–Crippen LogP) is 4.78. The minimum atomic E-state index is -4.57. The van der Waals surface area contributed by atoms with Crippen molar-refractivity contribution < 1.29 is 27.1 Å². The second kappa shape index (κ2) is 10.8. The molecule has 0 bridgehead atoms. The molecule has 4 aromatic rings. The van der Waals surface area contributed by atoms with Crippen LogP contribution in [0.15, 0.2) is 30.3 Å². The number of ether oxygens (including phenoxy) is 1. The molecule has 1 atom stereocenters. The Hall–Kier alpha value is -4.01. The molecular weight excluding hydrogens is 564 g/mol. The summed E-state index contributed by atoms with van der Waals surface area (Å²) in [6.45, 7) is 3.64. The first-order chi connectivity index (χ1) is 19.7. The maximum absolute atomic E-state index is 13.4. The number of hydrogen-bond acceptors (Lipinski definition) is 9. The zero-order valence-corrected chi connectivity index (χ0v) is 22.8. The van der Waals surface area contributed by atoms with Crippen molar-refractivity contribution in [3.63, 3.8) is 0 Å². The smallest absolute Gasteiger partial charge is 0.410 e. The average molecular weight is 591 g/mol. The highest BCUT2D eigenvalue weighted by Crippen LogP contribution is 2.36. The number of hydrogen-bond donors (Lipinski definition) is 1. The number of nitrogens with one attached hydrogen (secondary N) is 1. The molecule has 5 heterocycles. The third kappa shape index (κ3) is 5.62. The molecule has 2 aliphatic rings. The van der Waals surface area contributed by atoms with Crippen LogP contribution in [0.3, 0.4) is 0 Å². The van der Waals surface area contributed by atoms with Gasteiger partial charge in [0.15, 0.2) is 5.82 Å². The van der Waals surface area contributed by atoms with Crippen LogP contribution in [0, 0.1) is 5.82 Å². The van der Waals surface area contributed by atoms with Crippen LogP contribution in [0.2, 0.25) is 0 Å². The van der Waals surface area contributed by atoms with Gasteiger partial charge in [0.25, 0.3) is 0 Å². The Morgan fingerprint density at radius 3 is 2.68 bits per heavy atom. The number of aryl methyl sites for hydroxylation is 1. The number of rotatable bonds is 6. The number of amides is 1. The molecular formula is C26H26F4N8O2S. The van der Waals surface area contributed by atoms with Gasteiger partial charge in [-0.1, -0.05) is 13.3 Å². The van der Waals surface area contributed by atoms with Crippen LogP contribution in [0.5, 0.6) is 5.75 Å². The van der Waals surface area contributed by atoms with Crippen molar-refractivity contribution in [1.82, 2.24) is 30.0 Å². The summed E-state index contributed by atoms with van der Waals surface area (Å²) in [5.74, 6) is 0.166. The summed E-state index contributed by atoms with van der Waals surface area (Å²) in [6, 6.07) is 7.01. The maximum atomic E-state index is 13.4. The minimum Gasteiger partial charge on any atom is -0.410 e. The fraction of sp³-hybridized carbons (Fsp3) is 0.423. The SMILES string of the molecule is CCCc1cc2c(N3CCn4c(nnc4C(F)(F)F)C3)nc(N3CC[C@H](NC(=O)Oc4ccc(F)cc4)C3)nc2s1. The highest BCUT2D eigenvalue weighted by Gasteiger charge is 2.40. The van der Waals surface area contributed by atoms with E-state index in [1.54, 1.807) is 11.3 Å². The molecule has 216 valence electrons. The fourth-order valence-corrected chi connectivity index (χ4v) is 6.23. The predicted molar refractivity (Wildman–Crippen MR) is 144 cm³/mol. The van der Waals surface area contributed by atoms with Gasteiger partial charge in [-0.3, -0.25) is 0 Å². The molecule has 6 rings (SSSR count). The molecule has 41 heavy (non-hydrogen) atoms.